The lowest BCUT2D eigenvalue weighted by Gasteiger charge is -2.16. The molecule has 0 saturated heterocycles. The van der Waals surface area contributed by atoms with Gasteiger partial charge in [-0.15, -0.1) is 0 Å². The predicted molar refractivity (Wildman–Crippen MR) is 116 cm³/mol. The van der Waals surface area contributed by atoms with E-state index in [1.165, 1.54) is 6.07 Å². The lowest BCUT2D eigenvalue weighted by molar-refractivity contribution is 0.0997. The second-order valence-electron chi connectivity index (χ2n) is 7.20. The molecule has 1 amide bonds. The number of hydrogen-bond acceptors (Lipinski definition) is 6. The summed E-state index contributed by atoms with van der Waals surface area (Å²) in [5.41, 5.74) is 8.18. The topological polar surface area (TPSA) is 131 Å². The second kappa shape index (κ2) is 8.29. The van der Waals surface area contributed by atoms with Crippen LogP contribution in [0.5, 0.6) is 5.75 Å². The average molecular weight is 439 g/mol. The van der Waals surface area contributed by atoms with E-state index in [2.05, 4.69) is 10.0 Å². The van der Waals surface area contributed by atoms with Crippen LogP contribution < -0.4 is 15.8 Å². The van der Waals surface area contributed by atoms with Gasteiger partial charge in [-0.1, -0.05) is 36.4 Å². The number of carbonyl (C=O) groups excluding carboxylic acids is 1. The van der Waals surface area contributed by atoms with Crippen LogP contribution in [0, 0.1) is 0 Å². The average Bonchev–Trinajstić information content (AvgIpc) is 2.71. The van der Waals surface area contributed by atoms with Crippen molar-refractivity contribution in [3.8, 4) is 5.75 Å². The van der Waals surface area contributed by atoms with Gasteiger partial charge in [-0.3, -0.25) is 9.52 Å². The first-order chi connectivity index (χ1) is 14.8. The first-order valence-electron chi connectivity index (χ1n) is 9.50. The van der Waals surface area contributed by atoms with Crippen LogP contribution in [0.1, 0.15) is 27.0 Å². The fourth-order valence-corrected chi connectivity index (χ4v) is 4.62. The van der Waals surface area contributed by atoms with Crippen molar-refractivity contribution in [3.05, 3.63) is 82.9 Å². The van der Waals surface area contributed by atoms with Gasteiger partial charge in [0, 0.05) is 18.3 Å². The highest BCUT2D eigenvalue weighted by molar-refractivity contribution is 7.92. The normalized spacial score (nSPS) is 15.4. The van der Waals surface area contributed by atoms with E-state index in [9.17, 15) is 18.3 Å². The highest BCUT2D eigenvalue weighted by Gasteiger charge is 2.23. The van der Waals surface area contributed by atoms with Gasteiger partial charge in [0.1, 0.15) is 10.6 Å². The number of phenols is 1. The number of carbonyl (C=O) groups is 1. The molecule has 1 aliphatic rings. The van der Waals surface area contributed by atoms with Gasteiger partial charge in [0.2, 0.25) is 0 Å². The third kappa shape index (κ3) is 4.62. The van der Waals surface area contributed by atoms with E-state index >= 15 is 0 Å². The van der Waals surface area contributed by atoms with Crippen LogP contribution in [-0.2, 0) is 34.5 Å². The van der Waals surface area contributed by atoms with E-state index in [0.717, 1.165) is 22.8 Å². The minimum absolute atomic E-state index is 0.141. The maximum Gasteiger partial charge on any atom is 0.263 e. The van der Waals surface area contributed by atoms with E-state index in [1.54, 1.807) is 18.2 Å². The third-order valence-electron chi connectivity index (χ3n) is 4.84. The minimum atomic E-state index is -4.11. The van der Waals surface area contributed by atoms with Gasteiger partial charge in [-0.25, -0.2) is 8.42 Å². The van der Waals surface area contributed by atoms with Crippen molar-refractivity contribution in [2.24, 2.45) is 5.73 Å². The van der Waals surface area contributed by atoms with E-state index in [1.807, 2.05) is 30.3 Å². The van der Waals surface area contributed by atoms with Crippen molar-refractivity contribution in [3.63, 3.8) is 0 Å². The molecule has 0 atom stereocenters. The number of ether oxygens (including phenoxy) is 1. The SMILES string of the molecule is NC(=O)c1cc2c(cc1O)NCc1cccc(c1)COCc1cccc(c1)NS2(=O)=O. The van der Waals surface area contributed by atoms with E-state index < -0.39 is 21.7 Å². The van der Waals surface area contributed by atoms with E-state index in [0.29, 0.717) is 25.4 Å². The van der Waals surface area contributed by atoms with Crippen LogP contribution in [0.3, 0.4) is 0 Å². The molecule has 8 nitrogen and oxygen atoms in total. The second-order valence-corrected chi connectivity index (χ2v) is 8.85. The zero-order valence-electron chi connectivity index (χ0n) is 16.5. The molecule has 0 fully saturated rings. The molecular formula is C22H21N3O5S. The van der Waals surface area contributed by atoms with Crippen molar-refractivity contribution in [2.75, 3.05) is 10.0 Å². The molecule has 0 unspecified atom stereocenters. The molecule has 0 aromatic heterocycles. The Kier molecular flexibility index (Phi) is 5.53. The summed E-state index contributed by atoms with van der Waals surface area (Å²) in [6, 6.07) is 16.8. The minimum Gasteiger partial charge on any atom is -0.507 e. The molecule has 160 valence electrons. The number of sulfonamides is 1. The van der Waals surface area contributed by atoms with Crippen molar-refractivity contribution >= 4 is 27.3 Å². The molecule has 4 bridgehead atoms. The van der Waals surface area contributed by atoms with Crippen molar-refractivity contribution in [1.82, 2.24) is 0 Å². The quantitative estimate of drug-likeness (QED) is 0.461. The van der Waals surface area contributed by atoms with E-state index in [-0.39, 0.29) is 16.1 Å². The van der Waals surface area contributed by atoms with Crippen molar-refractivity contribution in [2.45, 2.75) is 24.7 Å². The van der Waals surface area contributed by atoms with Gasteiger partial charge in [0.05, 0.1) is 24.5 Å². The van der Waals surface area contributed by atoms with Crippen LogP contribution in [-0.4, -0.2) is 19.4 Å². The number of aromatic hydroxyl groups is 1. The Morgan fingerprint density at radius 3 is 2.39 bits per heavy atom. The first kappa shape index (κ1) is 20.7. The van der Waals surface area contributed by atoms with Gasteiger partial charge in [-0.05, 0) is 34.9 Å². The Balaban J connectivity index is 1.85. The number of amides is 1. The standard InChI is InChI=1S/C22H21N3O5S/c23-22(27)18-9-21-19(10-20(18)26)24-11-14-3-1-4-15(7-14)12-30-13-16-5-2-6-17(8-16)25-31(21,28)29/h1-10,24-26H,11-13H2,(H2,23,27). The molecule has 1 heterocycles. The number of nitrogens with one attached hydrogen (secondary N) is 2. The highest BCUT2D eigenvalue weighted by atomic mass is 32.2. The maximum atomic E-state index is 13.2. The van der Waals surface area contributed by atoms with Gasteiger partial charge >= 0.3 is 0 Å². The fraction of sp³-hybridized carbons (Fsp3) is 0.136. The summed E-state index contributed by atoms with van der Waals surface area (Å²) in [4.78, 5) is 11.5. The Hall–Kier alpha value is -3.56. The predicted octanol–water partition coefficient (Wildman–Crippen LogP) is 2.93. The molecule has 31 heavy (non-hydrogen) atoms. The maximum absolute atomic E-state index is 13.2. The molecule has 3 aromatic carbocycles. The summed E-state index contributed by atoms with van der Waals surface area (Å²) < 4.78 is 34.7. The molecule has 4 rings (SSSR count). The van der Waals surface area contributed by atoms with Gasteiger partial charge in [0.25, 0.3) is 15.9 Å². The molecule has 5 N–H and O–H groups in total. The molecule has 0 aliphatic carbocycles. The number of fused-ring (bicyclic) bond motifs is 5. The molecule has 0 radical (unpaired) electrons. The van der Waals surface area contributed by atoms with Crippen LogP contribution in [0.4, 0.5) is 11.4 Å². The molecule has 0 saturated carbocycles. The van der Waals surface area contributed by atoms with Crippen LogP contribution in [0.25, 0.3) is 0 Å². The molecule has 0 spiro atoms. The Bertz CT molecular complexity index is 1260. The van der Waals surface area contributed by atoms with Gasteiger partial charge in [0.15, 0.2) is 0 Å². The Labute approximate surface area is 179 Å². The molecule has 9 heteroatoms. The Morgan fingerprint density at radius 2 is 1.65 bits per heavy atom. The number of anilines is 2. The van der Waals surface area contributed by atoms with E-state index in [4.69, 9.17) is 10.5 Å². The largest absolute Gasteiger partial charge is 0.507 e. The number of benzene rings is 3. The highest BCUT2D eigenvalue weighted by Crippen LogP contribution is 2.32. The first-order valence-corrected chi connectivity index (χ1v) is 11.0. The molecule has 1 aliphatic heterocycles. The third-order valence-corrected chi connectivity index (χ3v) is 6.27. The summed E-state index contributed by atoms with van der Waals surface area (Å²) in [5.74, 6) is -1.34. The summed E-state index contributed by atoms with van der Waals surface area (Å²) >= 11 is 0. The summed E-state index contributed by atoms with van der Waals surface area (Å²) in [7, 11) is -4.11. The molecular weight excluding hydrogens is 418 g/mol. The van der Waals surface area contributed by atoms with Crippen LogP contribution in [0.15, 0.2) is 65.6 Å². The lowest BCUT2D eigenvalue weighted by Crippen LogP contribution is -2.18. The molecule has 3 aromatic rings. The monoisotopic (exact) mass is 439 g/mol. The van der Waals surface area contributed by atoms with Crippen LogP contribution in [0.2, 0.25) is 0 Å². The lowest BCUT2D eigenvalue weighted by atomic mass is 10.1. The summed E-state index contributed by atoms with van der Waals surface area (Å²) in [6.07, 6.45) is 0. The van der Waals surface area contributed by atoms with Crippen molar-refractivity contribution in [1.29, 1.82) is 0 Å². The van der Waals surface area contributed by atoms with Gasteiger partial charge < -0.3 is 20.9 Å². The smallest absolute Gasteiger partial charge is 0.263 e. The zero-order chi connectivity index (χ0) is 22.0. The summed E-state index contributed by atoms with van der Waals surface area (Å²) in [6.45, 7) is 1.01. The summed E-state index contributed by atoms with van der Waals surface area (Å²) in [5, 5.41) is 13.2. The number of nitrogens with two attached hydrogens (primary N) is 1. The fourth-order valence-electron chi connectivity index (χ4n) is 3.37. The van der Waals surface area contributed by atoms with Gasteiger partial charge in [-0.2, -0.15) is 0 Å². The Morgan fingerprint density at radius 1 is 0.968 bits per heavy atom. The zero-order valence-corrected chi connectivity index (χ0v) is 17.3. The van der Waals surface area contributed by atoms with Crippen molar-refractivity contribution < 1.29 is 23.1 Å². The number of rotatable bonds is 1. The number of primary amides is 1. The number of hydrogen-bond donors (Lipinski definition) is 4. The van der Waals surface area contributed by atoms with Crippen LogP contribution >= 0.6 is 0 Å².